The van der Waals surface area contributed by atoms with E-state index in [-0.39, 0.29) is 6.42 Å². The summed E-state index contributed by atoms with van der Waals surface area (Å²) in [6, 6.07) is 6.94. The van der Waals surface area contributed by atoms with E-state index in [1.807, 2.05) is 0 Å². The molecule has 0 radical (unpaired) electrons. The molecule has 5 atom stereocenters. The number of hydrogen-bond donors (Lipinski definition) is 4. The third kappa shape index (κ3) is 4.60. The van der Waals surface area contributed by atoms with Crippen molar-refractivity contribution in [3.8, 4) is 5.75 Å². The first-order chi connectivity index (χ1) is 12.4. The quantitative estimate of drug-likeness (QED) is 0.391. The van der Waals surface area contributed by atoms with Crippen molar-refractivity contribution >= 4 is 11.5 Å². The first-order valence-corrected chi connectivity index (χ1v) is 8.14. The third-order valence-electron chi connectivity index (χ3n) is 4.35. The van der Waals surface area contributed by atoms with Gasteiger partial charge in [-0.05, 0) is 23.3 Å². The van der Waals surface area contributed by atoms with Crippen LogP contribution in [0.3, 0.4) is 0 Å². The van der Waals surface area contributed by atoms with Crippen molar-refractivity contribution in [2.45, 2.75) is 36.9 Å². The van der Waals surface area contributed by atoms with Gasteiger partial charge in [0, 0.05) is 12.5 Å². The Morgan fingerprint density at radius 1 is 1.15 bits per heavy atom. The summed E-state index contributed by atoms with van der Waals surface area (Å²) in [6.45, 7) is -0.517. The molecule has 8 nitrogen and oxygen atoms in total. The molecule has 0 spiro atoms. The van der Waals surface area contributed by atoms with E-state index in [1.165, 1.54) is 20.3 Å². The second-order valence-corrected chi connectivity index (χ2v) is 6.00. The Morgan fingerprint density at radius 2 is 1.85 bits per heavy atom. The zero-order valence-corrected chi connectivity index (χ0v) is 14.6. The zero-order valence-electron chi connectivity index (χ0n) is 14.6. The summed E-state index contributed by atoms with van der Waals surface area (Å²) in [4.78, 5) is 11.7. The lowest BCUT2D eigenvalue weighted by atomic mass is 9.89. The number of aliphatic hydroxyl groups excluding tert-OH is 4. The van der Waals surface area contributed by atoms with Crippen LogP contribution in [-0.4, -0.2) is 77.7 Å². The van der Waals surface area contributed by atoms with Gasteiger partial charge in [-0.15, -0.1) is 0 Å². The van der Waals surface area contributed by atoms with Crippen LogP contribution in [-0.2, 0) is 14.3 Å². The molecule has 0 saturated carbocycles. The number of carbonyl (C=O) groups excluding carboxylic acids is 1. The lowest BCUT2D eigenvalue weighted by Gasteiger charge is -2.40. The number of rotatable bonds is 6. The van der Waals surface area contributed by atoms with Crippen molar-refractivity contribution in [2.24, 2.45) is 0 Å². The molecule has 1 aromatic carbocycles. The van der Waals surface area contributed by atoms with Gasteiger partial charge in [-0.1, -0.05) is 12.1 Å². The number of ether oxygens (including phenoxy) is 3. The molecule has 0 unspecified atom stereocenters. The van der Waals surface area contributed by atoms with Gasteiger partial charge in [-0.3, -0.25) is 0 Å². The Balaban J connectivity index is 2.31. The van der Waals surface area contributed by atoms with E-state index >= 15 is 0 Å². The number of hydrogen-bond acceptors (Lipinski definition) is 8. The molecular weight excluding hydrogens is 344 g/mol. The summed E-state index contributed by atoms with van der Waals surface area (Å²) < 4.78 is 15.4. The minimum Gasteiger partial charge on any atom is -0.497 e. The minimum absolute atomic E-state index is 0.0454. The number of esters is 1. The maximum atomic E-state index is 11.7. The Bertz CT molecular complexity index is 642. The maximum Gasteiger partial charge on any atom is 0.330 e. The number of benzene rings is 1. The molecule has 1 aliphatic rings. The average Bonchev–Trinajstić information content (AvgIpc) is 2.67. The van der Waals surface area contributed by atoms with Crippen LogP contribution in [0.25, 0.3) is 5.57 Å². The molecule has 0 amide bonds. The molecule has 0 bridgehead atoms. The van der Waals surface area contributed by atoms with E-state index in [1.54, 1.807) is 24.3 Å². The highest BCUT2D eigenvalue weighted by Gasteiger charge is 2.43. The summed E-state index contributed by atoms with van der Waals surface area (Å²) in [5.74, 6) is -0.0144. The maximum absolute atomic E-state index is 11.7. The van der Waals surface area contributed by atoms with E-state index in [4.69, 9.17) is 9.47 Å². The molecule has 1 aromatic rings. The highest BCUT2D eigenvalue weighted by Crippen LogP contribution is 2.30. The molecule has 144 valence electrons. The molecule has 0 aromatic heterocycles. The number of aliphatic hydroxyl groups is 4. The monoisotopic (exact) mass is 368 g/mol. The third-order valence-corrected chi connectivity index (χ3v) is 4.35. The minimum atomic E-state index is -1.48. The molecule has 1 saturated heterocycles. The highest BCUT2D eigenvalue weighted by atomic mass is 16.5. The van der Waals surface area contributed by atoms with Gasteiger partial charge >= 0.3 is 5.97 Å². The lowest BCUT2D eigenvalue weighted by molar-refractivity contribution is -0.227. The SMILES string of the molecule is COC(=O)/C=C(\C[C@@H]1O[C@H](CO)[C@H](O)[C@H](O)[C@H]1O)c1cccc(OC)c1. The molecule has 1 fully saturated rings. The summed E-state index contributed by atoms with van der Waals surface area (Å²) >= 11 is 0. The summed E-state index contributed by atoms with van der Waals surface area (Å²) in [5.41, 5.74) is 1.13. The van der Waals surface area contributed by atoms with Crippen molar-refractivity contribution in [3.05, 3.63) is 35.9 Å². The van der Waals surface area contributed by atoms with E-state index in [9.17, 15) is 25.2 Å². The van der Waals surface area contributed by atoms with Gasteiger partial charge in [0.05, 0.1) is 26.9 Å². The first-order valence-electron chi connectivity index (χ1n) is 8.14. The smallest absolute Gasteiger partial charge is 0.330 e. The fourth-order valence-electron chi connectivity index (χ4n) is 2.85. The van der Waals surface area contributed by atoms with Crippen LogP contribution in [0.5, 0.6) is 5.75 Å². The molecular formula is C18H24O8. The lowest BCUT2D eigenvalue weighted by Crippen LogP contribution is -2.58. The van der Waals surface area contributed by atoms with E-state index in [0.717, 1.165) is 0 Å². The standard InChI is InChI=1S/C18H24O8/c1-24-12-5-3-4-10(6-12)11(8-15(20)25-2)7-13-16(21)18(23)17(22)14(9-19)26-13/h3-6,8,13-14,16-19,21-23H,7,9H2,1-2H3/b11-8+/t13-,14+,16-,17-,18+/m0/s1. The Hall–Kier alpha value is -1.97. The Morgan fingerprint density at radius 3 is 2.46 bits per heavy atom. The topological polar surface area (TPSA) is 126 Å². The van der Waals surface area contributed by atoms with Gasteiger partial charge in [-0.2, -0.15) is 0 Å². The van der Waals surface area contributed by atoms with Crippen LogP contribution in [0.4, 0.5) is 0 Å². The Labute approximate surface area is 151 Å². The fraction of sp³-hybridized carbons (Fsp3) is 0.500. The summed E-state index contributed by atoms with van der Waals surface area (Å²) in [6.07, 6.45) is -4.94. The van der Waals surface area contributed by atoms with E-state index in [2.05, 4.69) is 4.74 Å². The largest absolute Gasteiger partial charge is 0.497 e. The van der Waals surface area contributed by atoms with Crippen LogP contribution >= 0.6 is 0 Å². The normalized spacial score (nSPS) is 29.3. The molecule has 8 heteroatoms. The number of methoxy groups -OCH3 is 2. The van der Waals surface area contributed by atoms with E-state index < -0.39 is 43.1 Å². The van der Waals surface area contributed by atoms with Crippen molar-refractivity contribution in [2.75, 3.05) is 20.8 Å². The molecule has 26 heavy (non-hydrogen) atoms. The second kappa shape index (κ2) is 9.11. The van der Waals surface area contributed by atoms with Crippen LogP contribution in [0, 0.1) is 0 Å². The predicted octanol–water partition coefficient (Wildman–Crippen LogP) is -0.516. The predicted molar refractivity (Wildman–Crippen MR) is 91.4 cm³/mol. The molecule has 1 heterocycles. The summed E-state index contributed by atoms with van der Waals surface area (Å²) in [7, 11) is 2.76. The van der Waals surface area contributed by atoms with Gasteiger partial charge in [0.1, 0.15) is 30.2 Å². The first kappa shape index (κ1) is 20.3. The fourth-order valence-corrected chi connectivity index (χ4v) is 2.85. The molecule has 0 aliphatic carbocycles. The van der Waals surface area contributed by atoms with Gasteiger partial charge < -0.3 is 34.6 Å². The number of carbonyl (C=O) groups is 1. The van der Waals surface area contributed by atoms with Crippen molar-refractivity contribution in [1.29, 1.82) is 0 Å². The molecule has 1 aliphatic heterocycles. The highest BCUT2D eigenvalue weighted by molar-refractivity contribution is 5.91. The molecule has 2 rings (SSSR count). The molecule has 4 N–H and O–H groups in total. The van der Waals surface area contributed by atoms with Crippen LogP contribution in [0.15, 0.2) is 30.3 Å². The summed E-state index contributed by atoms with van der Waals surface area (Å²) in [5, 5.41) is 39.3. The average molecular weight is 368 g/mol. The van der Waals surface area contributed by atoms with Crippen LogP contribution in [0.1, 0.15) is 12.0 Å². The van der Waals surface area contributed by atoms with Crippen LogP contribution in [0.2, 0.25) is 0 Å². The van der Waals surface area contributed by atoms with Crippen molar-refractivity contribution < 1.29 is 39.4 Å². The van der Waals surface area contributed by atoms with Gasteiger partial charge in [0.25, 0.3) is 0 Å². The van der Waals surface area contributed by atoms with Gasteiger partial charge in [0.2, 0.25) is 0 Å². The van der Waals surface area contributed by atoms with Gasteiger partial charge in [-0.25, -0.2) is 4.79 Å². The second-order valence-electron chi connectivity index (χ2n) is 6.00. The Kier molecular flexibility index (Phi) is 7.13. The van der Waals surface area contributed by atoms with E-state index in [0.29, 0.717) is 16.9 Å². The van der Waals surface area contributed by atoms with Crippen molar-refractivity contribution in [3.63, 3.8) is 0 Å². The van der Waals surface area contributed by atoms with Crippen LogP contribution < -0.4 is 4.74 Å². The zero-order chi connectivity index (χ0) is 19.3. The van der Waals surface area contributed by atoms with Gasteiger partial charge in [0.15, 0.2) is 0 Å². The van der Waals surface area contributed by atoms with Crippen molar-refractivity contribution in [1.82, 2.24) is 0 Å².